The van der Waals surface area contributed by atoms with Crippen LogP contribution >= 0.6 is 11.3 Å². The van der Waals surface area contributed by atoms with Crippen LogP contribution in [0, 0.1) is 6.92 Å². The van der Waals surface area contributed by atoms with Crippen LogP contribution in [0.5, 0.6) is 0 Å². The number of sulfonamides is 1. The number of nitrogens with zero attached hydrogens (tertiary/aromatic N) is 2. The van der Waals surface area contributed by atoms with Crippen molar-refractivity contribution in [3.05, 3.63) is 34.4 Å². The minimum absolute atomic E-state index is 0.00815. The van der Waals surface area contributed by atoms with Gasteiger partial charge in [0.2, 0.25) is 0 Å². The van der Waals surface area contributed by atoms with Gasteiger partial charge in [-0.25, -0.2) is 23.1 Å². The molecule has 0 bridgehead atoms. The van der Waals surface area contributed by atoms with Gasteiger partial charge in [-0.3, -0.25) is 0 Å². The molecule has 0 amide bonds. The second-order valence-corrected chi connectivity index (χ2v) is 6.81. The molecule has 0 radical (unpaired) electrons. The van der Waals surface area contributed by atoms with Gasteiger partial charge < -0.3 is 5.32 Å². The molecule has 20 heavy (non-hydrogen) atoms. The quantitative estimate of drug-likeness (QED) is 0.849. The highest BCUT2D eigenvalue weighted by atomic mass is 32.2. The van der Waals surface area contributed by atoms with Crippen molar-refractivity contribution in [3.63, 3.8) is 0 Å². The number of nitrogens with one attached hydrogen (secondary N) is 2. The normalized spacial score (nSPS) is 11.5. The van der Waals surface area contributed by atoms with E-state index < -0.39 is 10.0 Å². The van der Waals surface area contributed by atoms with Crippen LogP contribution < -0.4 is 10.0 Å². The highest BCUT2D eigenvalue weighted by Crippen LogP contribution is 2.18. The van der Waals surface area contributed by atoms with E-state index in [1.807, 2.05) is 19.2 Å². The first-order valence-corrected chi connectivity index (χ1v) is 8.49. The topological polar surface area (TPSA) is 84.0 Å². The Morgan fingerprint density at radius 3 is 2.85 bits per heavy atom. The number of aryl methyl sites for hydroxylation is 1. The molecule has 0 saturated heterocycles. The summed E-state index contributed by atoms with van der Waals surface area (Å²) in [6.45, 7) is 4.56. The highest BCUT2D eigenvalue weighted by molar-refractivity contribution is 7.89. The molecule has 8 heteroatoms. The maximum Gasteiger partial charge on any atom is 0.260 e. The van der Waals surface area contributed by atoms with E-state index in [0.717, 1.165) is 5.01 Å². The van der Waals surface area contributed by atoms with E-state index in [2.05, 4.69) is 20.0 Å². The predicted octanol–water partition coefficient (Wildman–Crippen LogP) is 1.76. The second-order valence-electron chi connectivity index (χ2n) is 4.07. The molecule has 0 aromatic carbocycles. The van der Waals surface area contributed by atoms with Gasteiger partial charge in [-0.15, -0.1) is 11.3 Å². The Bertz CT molecular complexity index is 682. The van der Waals surface area contributed by atoms with Crippen LogP contribution in [-0.4, -0.2) is 24.9 Å². The predicted molar refractivity (Wildman–Crippen MR) is 79.3 cm³/mol. The van der Waals surface area contributed by atoms with Gasteiger partial charge in [-0.2, -0.15) is 0 Å². The van der Waals surface area contributed by atoms with Crippen LogP contribution in [0.3, 0.4) is 0 Å². The third-order valence-electron chi connectivity index (χ3n) is 2.50. The van der Waals surface area contributed by atoms with Crippen LogP contribution in [0.4, 0.5) is 5.69 Å². The third kappa shape index (κ3) is 3.53. The van der Waals surface area contributed by atoms with E-state index in [-0.39, 0.29) is 11.6 Å². The number of rotatable bonds is 6. The van der Waals surface area contributed by atoms with Gasteiger partial charge in [0, 0.05) is 18.1 Å². The molecule has 0 saturated carbocycles. The van der Waals surface area contributed by atoms with Crippen molar-refractivity contribution in [3.8, 4) is 0 Å². The number of anilines is 1. The van der Waals surface area contributed by atoms with Crippen LogP contribution in [-0.2, 0) is 16.6 Å². The monoisotopic (exact) mass is 312 g/mol. The molecule has 0 aliphatic carbocycles. The SMILES string of the molecule is CCNc1cccnc1S(=O)(=O)NCc1csc(C)n1. The van der Waals surface area contributed by atoms with Crippen LogP contribution in [0.1, 0.15) is 17.6 Å². The average molecular weight is 312 g/mol. The molecule has 2 aromatic heterocycles. The zero-order valence-electron chi connectivity index (χ0n) is 11.3. The number of hydrogen-bond donors (Lipinski definition) is 2. The molecule has 0 aliphatic rings. The lowest BCUT2D eigenvalue weighted by molar-refractivity contribution is 0.577. The van der Waals surface area contributed by atoms with Crippen molar-refractivity contribution in [2.24, 2.45) is 0 Å². The summed E-state index contributed by atoms with van der Waals surface area (Å²) >= 11 is 1.49. The summed E-state index contributed by atoms with van der Waals surface area (Å²) in [5.41, 5.74) is 1.20. The fraction of sp³-hybridized carbons (Fsp3) is 0.333. The second kappa shape index (κ2) is 6.29. The number of pyridine rings is 1. The lowest BCUT2D eigenvalue weighted by Crippen LogP contribution is -2.25. The molecule has 2 rings (SSSR count). The molecule has 0 spiro atoms. The first-order chi connectivity index (χ1) is 9.53. The van der Waals surface area contributed by atoms with E-state index in [1.54, 1.807) is 12.1 Å². The zero-order valence-corrected chi connectivity index (χ0v) is 12.9. The van der Waals surface area contributed by atoms with E-state index in [4.69, 9.17) is 0 Å². The Kier molecular flexibility index (Phi) is 4.69. The van der Waals surface area contributed by atoms with Gasteiger partial charge in [0.05, 0.1) is 22.9 Å². The van der Waals surface area contributed by atoms with Crippen molar-refractivity contribution in [2.75, 3.05) is 11.9 Å². The summed E-state index contributed by atoms with van der Waals surface area (Å²) in [5.74, 6) is 0. The minimum Gasteiger partial charge on any atom is -0.383 e. The third-order valence-corrected chi connectivity index (χ3v) is 4.68. The molecule has 2 aromatic rings. The molecule has 2 heterocycles. The molecule has 0 unspecified atom stereocenters. The summed E-state index contributed by atoms with van der Waals surface area (Å²) in [6, 6.07) is 3.39. The zero-order chi connectivity index (χ0) is 14.6. The summed E-state index contributed by atoms with van der Waals surface area (Å²) in [5, 5.41) is 5.74. The van der Waals surface area contributed by atoms with E-state index in [0.29, 0.717) is 17.9 Å². The van der Waals surface area contributed by atoms with Crippen LogP contribution in [0.15, 0.2) is 28.7 Å². The molecule has 0 fully saturated rings. The Morgan fingerprint density at radius 1 is 1.40 bits per heavy atom. The van der Waals surface area contributed by atoms with E-state index in [1.165, 1.54) is 17.5 Å². The van der Waals surface area contributed by atoms with Crippen molar-refractivity contribution in [2.45, 2.75) is 25.4 Å². The molecule has 2 N–H and O–H groups in total. The summed E-state index contributed by atoms with van der Waals surface area (Å²) in [6.07, 6.45) is 1.46. The maximum atomic E-state index is 12.3. The maximum absolute atomic E-state index is 12.3. The van der Waals surface area contributed by atoms with Crippen molar-refractivity contribution < 1.29 is 8.42 Å². The van der Waals surface area contributed by atoms with Crippen LogP contribution in [0.25, 0.3) is 0 Å². The Labute approximate surface area is 122 Å². The number of hydrogen-bond acceptors (Lipinski definition) is 6. The largest absolute Gasteiger partial charge is 0.383 e. The fourth-order valence-electron chi connectivity index (χ4n) is 1.66. The molecule has 6 nitrogen and oxygen atoms in total. The lowest BCUT2D eigenvalue weighted by atomic mass is 10.4. The van der Waals surface area contributed by atoms with Gasteiger partial charge in [0.1, 0.15) is 0 Å². The van der Waals surface area contributed by atoms with E-state index >= 15 is 0 Å². The van der Waals surface area contributed by atoms with Gasteiger partial charge in [-0.05, 0) is 26.0 Å². The van der Waals surface area contributed by atoms with Crippen molar-refractivity contribution in [1.29, 1.82) is 0 Å². The molecular formula is C12H16N4O2S2. The minimum atomic E-state index is -3.66. The Morgan fingerprint density at radius 2 is 2.20 bits per heavy atom. The Balaban J connectivity index is 2.18. The summed E-state index contributed by atoms with van der Waals surface area (Å²) < 4.78 is 27.1. The number of thiazole rings is 1. The summed E-state index contributed by atoms with van der Waals surface area (Å²) in [4.78, 5) is 8.18. The molecule has 0 atom stereocenters. The van der Waals surface area contributed by atoms with Gasteiger partial charge in [-0.1, -0.05) is 0 Å². The average Bonchev–Trinajstić information content (AvgIpc) is 2.83. The van der Waals surface area contributed by atoms with Crippen LogP contribution in [0.2, 0.25) is 0 Å². The first-order valence-electron chi connectivity index (χ1n) is 6.12. The summed E-state index contributed by atoms with van der Waals surface area (Å²) in [7, 11) is -3.66. The number of aromatic nitrogens is 2. The standard InChI is InChI=1S/C12H16N4O2S2/c1-3-13-11-5-4-6-14-12(11)20(17,18)15-7-10-8-19-9(2)16-10/h4-6,8,13,15H,3,7H2,1-2H3. The molecular weight excluding hydrogens is 296 g/mol. The fourth-order valence-corrected chi connectivity index (χ4v) is 3.37. The highest BCUT2D eigenvalue weighted by Gasteiger charge is 2.19. The first kappa shape index (κ1) is 14.9. The smallest absolute Gasteiger partial charge is 0.260 e. The molecule has 0 aliphatic heterocycles. The van der Waals surface area contributed by atoms with Gasteiger partial charge in [0.25, 0.3) is 10.0 Å². The van der Waals surface area contributed by atoms with Crippen molar-refractivity contribution >= 4 is 27.0 Å². The van der Waals surface area contributed by atoms with Gasteiger partial charge >= 0.3 is 0 Å². The van der Waals surface area contributed by atoms with Crippen molar-refractivity contribution in [1.82, 2.24) is 14.7 Å². The lowest BCUT2D eigenvalue weighted by Gasteiger charge is -2.10. The van der Waals surface area contributed by atoms with Gasteiger partial charge in [0.15, 0.2) is 5.03 Å². The Hall–Kier alpha value is -1.51. The van der Waals surface area contributed by atoms with E-state index in [9.17, 15) is 8.42 Å². The molecule has 108 valence electrons.